The van der Waals surface area contributed by atoms with Gasteiger partial charge >= 0.3 is 0 Å². The van der Waals surface area contributed by atoms with E-state index in [2.05, 4.69) is 12.1 Å². The molecule has 0 spiro atoms. The molecule has 0 aromatic heterocycles. The predicted octanol–water partition coefficient (Wildman–Crippen LogP) is 3.70. The number of piperidine rings is 1. The monoisotopic (exact) mass is 402 g/mol. The highest BCUT2D eigenvalue weighted by atomic mass is 35.5. The van der Waals surface area contributed by atoms with E-state index in [0.717, 1.165) is 31.6 Å². The van der Waals surface area contributed by atoms with E-state index in [-0.39, 0.29) is 31.0 Å². The lowest BCUT2D eigenvalue weighted by Gasteiger charge is -2.34. The fourth-order valence-electron chi connectivity index (χ4n) is 3.20. The van der Waals surface area contributed by atoms with E-state index in [1.807, 2.05) is 40.6 Å². The van der Waals surface area contributed by atoms with Crippen LogP contribution in [-0.4, -0.2) is 48.1 Å². The van der Waals surface area contributed by atoms with Gasteiger partial charge in [0.1, 0.15) is 5.75 Å². The summed E-state index contributed by atoms with van der Waals surface area (Å²) in [6.07, 6.45) is 4.53. The normalized spacial score (nSPS) is 21.5. The van der Waals surface area contributed by atoms with Crippen LogP contribution >= 0.6 is 35.9 Å². The molecule has 1 unspecified atom stereocenters. The van der Waals surface area contributed by atoms with Crippen molar-refractivity contribution in [1.82, 2.24) is 4.90 Å². The van der Waals surface area contributed by atoms with Crippen LogP contribution in [0.1, 0.15) is 35.8 Å². The third-order valence-electron chi connectivity index (χ3n) is 4.56. The molecule has 1 amide bonds. The summed E-state index contributed by atoms with van der Waals surface area (Å²) in [5.41, 5.74) is 7.12. The van der Waals surface area contributed by atoms with Crippen molar-refractivity contribution in [3.63, 3.8) is 0 Å². The van der Waals surface area contributed by atoms with E-state index in [1.165, 1.54) is 23.5 Å². The number of carbonyl (C=O) groups excluding carboxylic acids is 1. The summed E-state index contributed by atoms with van der Waals surface area (Å²) in [7, 11) is 0. The number of carbonyl (C=O) groups is 1. The van der Waals surface area contributed by atoms with Crippen LogP contribution < -0.4 is 10.5 Å². The summed E-state index contributed by atoms with van der Waals surface area (Å²) in [5, 5.41) is 0. The first kappa shape index (κ1) is 20.7. The van der Waals surface area contributed by atoms with Gasteiger partial charge in [0.15, 0.2) is 6.61 Å². The number of ether oxygens (including phenoxy) is 1. The first-order chi connectivity index (χ1) is 11.8. The molecule has 0 saturated carbocycles. The van der Waals surface area contributed by atoms with Gasteiger partial charge in [-0.1, -0.05) is 12.1 Å². The van der Waals surface area contributed by atoms with Crippen molar-refractivity contribution in [2.75, 3.05) is 31.2 Å². The quantitative estimate of drug-likeness (QED) is 0.813. The van der Waals surface area contributed by atoms with E-state index in [9.17, 15) is 4.79 Å². The zero-order valence-corrected chi connectivity index (χ0v) is 16.8. The van der Waals surface area contributed by atoms with Crippen molar-refractivity contribution in [1.29, 1.82) is 0 Å². The molecule has 1 aromatic carbocycles. The van der Waals surface area contributed by atoms with Crippen LogP contribution in [0.3, 0.4) is 0 Å². The van der Waals surface area contributed by atoms with Gasteiger partial charge in [0, 0.05) is 19.1 Å². The summed E-state index contributed by atoms with van der Waals surface area (Å²) in [5.74, 6) is 3.29. The van der Waals surface area contributed by atoms with Crippen molar-refractivity contribution in [3.8, 4) is 5.75 Å². The summed E-state index contributed by atoms with van der Waals surface area (Å²) in [6, 6.07) is 8.39. The number of likely N-dealkylation sites (tertiary alicyclic amines) is 1. The summed E-state index contributed by atoms with van der Waals surface area (Å²) < 4.78 is 6.25. The highest BCUT2D eigenvalue weighted by Crippen LogP contribution is 2.43. The first-order valence-corrected chi connectivity index (χ1v) is 10.8. The van der Waals surface area contributed by atoms with Crippen LogP contribution in [0.5, 0.6) is 5.75 Å². The smallest absolute Gasteiger partial charge is 0.260 e. The van der Waals surface area contributed by atoms with Crippen LogP contribution in [0, 0.1) is 0 Å². The maximum absolute atomic E-state index is 12.4. The fourth-order valence-corrected chi connectivity index (χ4v) is 6.10. The number of nitrogens with two attached hydrogens (primary N) is 1. The number of thioether (sulfide) groups is 2. The Bertz CT molecular complexity index is 538. The van der Waals surface area contributed by atoms with Gasteiger partial charge in [-0.05, 0) is 54.9 Å². The molecule has 140 valence electrons. The number of nitrogens with zero attached hydrogens (tertiary/aromatic N) is 1. The lowest BCUT2D eigenvalue weighted by molar-refractivity contribution is -0.136. The summed E-state index contributed by atoms with van der Waals surface area (Å²) in [6.45, 7) is 1.44. The SMILES string of the molecule is Cl.NCC1CCCCN1C(=O)COc1ccc(C2SCCCS2)cc1. The van der Waals surface area contributed by atoms with Gasteiger partial charge in [-0.15, -0.1) is 35.9 Å². The molecule has 2 heterocycles. The maximum atomic E-state index is 12.4. The minimum atomic E-state index is 0. The van der Waals surface area contributed by atoms with Gasteiger partial charge in [0.2, 0.25) is 0 Å². The Hall–Kier alpha value is -0.560. The van der Waals surface area contributed by atoms with Crippen molar-refractivity contribution < 1.29 is 9.53 Å². The Morgan fingerprint density at radius 3 is 2.56 bits per heavy atom. The molecule has 2 fully saturated rings. The van der Waals surface area contributed by atoms with Crippen LogP contribution in [-0.2, 0) is 4.79 Å². The van der Waals surface area contributed by atoms with Gasteiger partial charge in [-0.2, -0.15) is 0 Å². The molecule has 25 heavy (non-hydrogen) atoms. The molecule has 3 rings (SSSR count). The number of hydrogen-bond donors (Lipinski definition) is 1. The van der Waals surface area contributed by atoms with E-state index >= 15 is 0 Å². The highest BCUT2D eigenvalue weighted by Gasteiger charge is 2.25. The molecule has 4 nitrogen and oxygen atoms in total. The van der Waals surface area contributed by atoms with Gasteiger partial charge in [-0.3, -0.25) is 4.79 Å². The van der Waals surface area contributed by atoms with Gasteiger partial charge in [0.25, 0.3) is 5.91 Å². The molecule has 1 aromatic rings. The average Bonchev–Trinajstić information content (AvgIpc) is 2.67. The predicted molar refractivity (Wildman–Crippen MR) is 110 cm³/mol. The minimum absolute atomic E-state index is 0. The molecule has 2 saturated heterocycles. The Morgan fingerprint density at radius 1 is 1.16 bits per heavy atom. The molecule has 0 aliphatic carbocycles. The van der Waals surface area contributed by atoms with E-state index in [4.69, 9.17) is 10.5 Å². The number of benzene rings is 1. The molecule has 2 aliphatic rings. The lowest BCUT2D eigenvalue weighted by atomic mass is 10.0. The van der Waals surface area contributed by atoms with Crippen LogP contribution in [0.2, 0.25) is 0 Å². The summed E-state index contributed by atoms with van der Waals surface area (Å²) in [4.78, 5) is 14.3. The number of hydrogen-bond acceptors (Lipinski definition) is 5. The molecule has 2 aliphatic heterocycles. The van der Waals surface area contributed by atoms with Crippen molar-refractivity contribution in [2.45, 2.75) is 36.3 Å². The van der Waals surface area contributed by atoms with Crippen molar-refractivity contribution in [2.24, 2.45) is 5.73 Å². The zero-order valence-electron chi connectivity index (χ0n) is 14.4. The van der Waals surface area contributed by atoms with Crippen molar-refractivity contribution >= 4 is 41.8 Å². The summed E-state index contributed by atoms with van der Waals surface area (Å²) >= 11 is 4.02. The molecule has 7 heteroatoms. The van der Waals surface area contributed by atoms with E-state index in [0.29, 0.717) is 11.1 Å². The second kappa shape index (κ2) is 10.6. The second-order valence-electron chi connectivity index (χ2n) is 6.26. The zero-order chi connectivity index (χ0) is 16.8. The average molecular weight is 403 g/mol. The van der Waals surface area contributed by atoms with Gasteiger partial charge in [-0.25, -0.2) is 0 Å². The van der Waals surface area contributed by atoms with Crippen LogP contribution in [0.15, 0.2) is 24.3 Å². The first-order valence-electron chi connectivity index (χ1n) is 8.73. The van der Waals surface area contributed by atoms with Gasteiger partial charge in [0.05, 0.1) is 4.58 Å². The molecule has 0 bridgehead atoms. The molecular formula is C18H27ClN2O2S2. The minimum Gasteiger partial charge on any atom is -0.484 e. The molecule has 1 atom stereocenters. The Morgan fingerprint density at radius 2 is 1.88 bits per heavy atom. The number of halogens is 1. The topological polar surface area (TPSA) is 55.6 Å². The second-order valence-corrected chi connectivity index (χ2v) is 8.98. The largest absolute Gasteiger partial charge is 0.484 e. The van der Waals surface area contributed by atoms with E-state index in [1.54, 1.807) is 0 Å². The molecule has 0 radical (unpaired) electrons. The maximum Gasteiger partial charge on any atom is 0.260 e. The standard InChI is InChI=1S/C18H26N2O2S2.ClH/c19-12-15-4-1-2-9-20(15)17(21)13-22-16-7-5-14(6-8-16)18-23-10-3-11-24-18;/h5-8,15,18H,1-4,9-13,19H2;1H. The Balaban J connectivity index is 0.00000225. The highest BCUT2D eigenvalue weighted by molar-refractivity contribution is 8.16. The third-order valence-corrected chi connectivity index (χ3v) is 7.58. The molecular weight excluding hydrogens is 376 g/mol. The van der Waals surface area contributed by atoms with Crippen LogP contribution in [0.25, 0.3) is 0 Å². The fraction of sp³-hybridized carbons (Fsp3) is 0.611. The Labute approximate surface area is 165 Å². The third kappa shape index (κ3) is 5.71. The van der Waals surface area contributed by atoms with Crippen molar-refractivity contribution in [3.05, 3.63) is 29.8 Å². The van der Waals surface area contributed by atoms with Gasteiger partial charge < -0.3 is 15.4 Å². The molecule has 2 N–H and O–H groups in total. The lowest BCUT2D eigenvalue weighted by Crippen LogP contribution is -2.49. The van der Waals surface area contributed by atoms with Crippen LogP contribution in [0.4, 0.5) is 0 Å². The number of amides is 1. The Kier molecular flexibility index (Phi) is 8.76. The number of rotatable bonds is 5. The van der Waals surface area contributed by atoms with E-state index < -0.39 is 0 Å².